The van der Waals surface area contributed by atoms with Crippen molar-refractivity contribution in [2.75, 3.05) is 12.4 Å². The molecule has 0 fully saturated rings. The smallest absolute Gasteiger partial charge is 0.410 e. The number of methoxy groups -OCH3 is 1. The maximum Gasteiger partial charge on any atom is 0.410 e. The maximum absolute atomic E-state index is 13.7. The minimum absolute atomic E-state index is 0.121. The Morgan fingerprint density at radius 3 is 2.39 bits per heavy atom. The van der Waals surface area contributed by atoms with Gasteiger partial charge in [0, 0.05) is 12.5 Å². The zero-order valence-corrected chi connectivity index (χ0v) is 16.0. The fraction of sp³-hybridized carbons (Fsp3) is 0.474. The summed E-state index contributed by atoms with van der Waals surface area (Å²) in [6, 6.07) is 5.66. The lowest BCUT2D eigenvalue weighted by molar-refractivity contribution is -0.173. The van der Waals surface area contributed by atoms with E-state index in [2.05, 4.69) is 10.4 Å². The number of nitrogens with one attached hydrogen (secondary N) is 1. The lowest BCUT2D eigenvalue weighted by Crippen LogP contribution is -2.35. The van der Waals surface area contributed by atoms with Gasteiger partial charge in [-0.25, -0.2) is 9.48 Å². The molecule has 3 rings (SSSR count). The molecule has 1 aliphatic heterocycles. The van der Waals surface area contributed by atoms with Crippen molar-refractivity contribution in [3.8, 4) is 5.75 Å². The minimum atomic E-state index is -4.52. The van der Waals surface area contributed by atoms with Gasteiger partial charge >= 0.3 is 12.1 Å². The first kappa shape index (κ1) is 20.0. The number of fused-ring (bicyclic) bond motifs is 1. The van der Waals surface area contributed by atoms with E-state index in [-0.39, 0.29) is 17.9 Å². The average molecular weight is 397 g/mol. The predicted octanol–water partition coefficient (Wildman–Crippen LogP) is 4.51. The van der Waals surface area contributed by atoms with Gasteiger partial charge in [-0.15, -0.1) is 0 Å². The summed E-state index contributed by atoms with van der Waals surface area (Å²) in [6.07, 6.45) is -4.77. The summed E-state index contributed by atoms with van der Waals surface area (Å²) in [6.45, 7) is 5.03. The summed E-state index contributed by atoms with van der Waals surface area (Å²) in [7, 11) is 1.52. The largest absolute Gasteiger partial charge is 0.497 e. The molecular formula is C19H22F3N3O3. The third kappa shape index (κ3) is 4.23. The number of alkyl halides is 3. The van der Waals surface area contributed by atoms with Gasteiger partial charge in [0.25, 0.3) is 0 Å². The van der Waals surface area contributed by atoms with Gasteiger partial charge in [-0.3, -0.25) is 0 Å². The second-order valence-electron chi connectivity index (χ2n) is 7.62. The number of nitrogens with zero attached hydrogens (tertiary/aromatic N) is 2. The Hall–Kier alpha value is -2.71. The van der Waals surface area contributed by atoms with E-state index >= 15 is 0 Å². The van der Waals surface area contributed by atoms with E-state index in [0.29, 0.717) is 11.3 Å². The Balaban J connectivity index is 1.94. The van der Waals surface area contributed by atoms with E-state index in [1.807, 2.05) is 0 Å². The van der Waals surface area contributed by atoms with Crippen molar-refractivity contribution < 1.29 is 27.4 Å². The highest BCUT2D eigenvalue weighted by Crippen LogP contribution is 2.43. The Morgan fingerprint density at radius 1 is 1.21 bits per heavy atom. The Labute approximate surface area is 160 Å². The molecule has 0 amide bonds. The van der Waals surface area contributed by atoms with Crippen molar-refractivity contribution in [2.45, 2.75) is 51.1 Å². The number of carbonyl (C=O) groups is 1. The van der Waals surface area contributed by atoms with Crippen LogP contribution >= 0.6 is 0 Å². The summed E-state index contributed by atoms with van der Waals surface area (Å²) in [4.78, 5) is 12.2. The number of ether oxygens (including phenoxy) is 2. The minimum Gasteiger partial charge on any atom is -0.497 e. The van der Waals surface area contributed by atoms with E-state index < -0.39 is 29.8 Å². The second kappa shape index (κ2) is 7.03. The number of benzene rings is 1. The van der Waals surface area contributed by atoms with Crippen molar-refractivity contribution in [1.29, 1.82) is 0 Å². The molecule has 2 atom stereocenters. The first-order valence-corrected chi connectivity index (χ1v) is 8.78. The van der Waals surface area contributed by atoms with Crippen LogP contribution in [0.15, 0.2) is 30.3 Å². The van der Waals surface area contributed by atoms with E-state index in [9.17, 15) is 18.0 Å². The normalized spacial score (nSPS) is 19.5. The third-order valence-electron chi connectivity index (χ3n) is 4.32. The SMILES string of the molecule is COc1ccc(C2CC(C(F)(F)F)n3nc(C(=O)OC(C)(C)C)cc3N2)cc1. The van der Waals surface area contributed by atoms with Crippen LogP contribution in [0.1, 0.15) is 55.3 Å². The van der Waals surface area contributed by atoms with E-state index in [1.165, 1.54) is 13.2 Å². The summed E-state index contributed by atoms with van der Waals surface area (Å²) in [5.74, 6) is -0.0300. The Morgan fingerprint density at radius 2 is 1.86 bits per heavy atom. The van der Waals surface area contributed by atoms with E-state index in [4.69, 9.17) is 9.47 Å². The summed E-state index contributed by atoms with van der Waals surface area (Å²) < 4.78 is 52.2. The van der Waals surface area contributed by atoms with Crippen LogP contribution in [0.4, 0.5) is 19.0 Å². The summed E-state index contributed by atoms with van der Waals surface area (Å²) in [5, 5.41) is 6.92. The summed E-state index contributed by atoms with van der Waals surface area (Å²) >= 11 is 0. The van der Waals surface area contributed by atoms with Crippen LogP contribution < -0.4 is 10.1 Å². The van der Waals surface area contributed by atoms with Crippen molar-refractivity contribution in [3.05, 3.63) is 41.6 Å². The second-order valence-corrected chi connectivity index (χ2v) is 7.62. The van der Waals surface area contributed by atoms with Crippen LogP contribution in [0, 0.1) is 0 Å². The quantitative estimate of drug-likeness (QED) is 0.772. The number of carbonyl (C=O) groups excluding carboxylic acids is 1. The molecule has 0 radical (unpaired) electrons. The molecule has 1 aromatic heterocycles. The molecule has 1 N–H and O–H groups in total. The molecule has 1 aromatic carbocycles. The van der Waals surface area contributed by atoms with Gasteiger partial charge in [0.2, 0.25) is 0 Å². The Kier molecular flexibility index (Phi) is 5.03. The van der Waals surface area contributed by atoms with Crippen LogP contribution in [0.2, 0.25) is 0 Å². The molecule has 0 saturated heterocycles. The molecular weight excluding hydrogens is 375 g/mol. The highest BCUT2D eigenvalue weighted by atomic mass is 19.4. The van der Waals surface area contributed by atoms with Crippen LogP contribution in [-0.2, 0) is 4.74 Å². The van der Waals surface area contributed by atoms with Gasteiger partial charge < -0.3 is 14.8 Å². The number of hydrogen-bond donors (Lipinski definition) is 1. The van der Waals surface area contributed by atoms with Crippen molar-refractivity contribution in [2.24, 2.45) is 0 Å². The van der Waals surface area contributed by atoms with Crippen LogP contribution in [0.5, 0.6) is 5.75 Å². The number of aromatic nitrogens is 2. The van der Waals surface area contributed by atoms with Gasteiger partial charge in [0.15, 0.2) is 11.7 Å². The first-order valence-electron chi connectivity index (χ1n) is 8.78. The standard InChI is InChI=1S/C19H22F3N3O3/c1-18(2,3)28-17(26)14-10-16-23-13(11-5-7-12(27-4)8-6-11)9-15(19(20,21)22)25(16)24-14/h5-8,10,13,15,23H,9H2,1-4H3. The number of anilines is 1. The number of rotatable bonds is 3. The lowest BCUT2D eigenvalue weighted by atomic mass is 9.97. The molecule has 1 aliphatic rings. The topological polar surface area (TPSA) is 65.4 Å². The zero-order valence-electron chi connectivity index (χ0n) is 16.0. The maximum atomic E-state index is 13.7. The molecule has 152 valence electrons. The van der Waals surface area contributed by atoms with Crippen molar-refractivity contribution in [1.82, 2.24) is 9.78 Å². The van der Waals surface area contributed by atoms with Gasteiger partial charge in [-0.1, -0.05) is 12.1 Å². The molecule has 0 bridgehead atoms. The molecule has 0 spiro atoms. The first-order chi connectivity index (χ1) is 13.0. The highest BCUT2D eigenvalue weighted by molar-refractivity contribution is 5.88. The zero-order chi connectivity index (χ0) is 20.7. The highest BCUT2D eigenvalue weighted by Gasteiger charge is 2.47. The molecule has 9 heteroatoms. The van der Waals surface area contributed by atoms with Crippen molar-refractivity contribution in [3.63, 3.8) is 0 Å². The molecule has 0 aliphatic carbocycles. The molecule has 2 heterocycles. The number of hydrogen-bond acceptors (Lipinski definition) is 5. The third-order valence-corrected chi connectivity index (χ3v) is 4.32. The number of halogens is 3. The molecule has 2 aromatic rings. The van der Waals surface area contributed by atoms with Gasteiger partial charge in [0.05, 0.1) is 13.2 Å². The molecule has 2 unspecified atom stereocenters. The fourth-order valence-corrected chi connectivity index (χ4v) is 3.06. The summed E-state index contributed by atoms with van der Waals surface area (Å²) in [5.41, 5.74) is -0.257. The molecule has 6 nitrogen and oxygen atoms in total. The Bertz CT molecular complexity index is 854. The molecule has 0 saturated carbocycles. The lowest BCUT2D eigenvalue weighted by Gasteiger charge is -2.33. The van der Waals surface area contributed by atoms with E-state index in [0.717, 1.165) is 4.68 Å². The monoisotopic (exact) mass is 397 g/mol. The van der Waals surface area contributed by atoms with Gasteiger partial charge in [-0.05, 0) is 38.5 Å². The van der Waals surface area contributed by atoms with Gasteiger partial charge in [-0.2, -0.15) is 18.3 Å². The average Bonchev–Trinajstić information content (AvgIpc) is 3.03. The fourth-order valence-electron chi connectivity index (χ4n) is 3.06. The van der Waals surface area contributed by atoms with Gasteiger partial charge in [0.1, 0.15) is 17.2 Å². The van der Waals surface area contributed by atoms with Crippen molar-refractivity contribution >= 4 is 11.8 Å². The van der Waals surface area contributed by atoms with Crippen LogP contribution in [0.3, 0.4) is 0 Å². The number of esters is 1. The van der Waals surface area contributed by atoms with Crippen LogP contribution in [0.25, 0.3) is 0 Å². The van der Waals surface area contributed by atoms with Crippen LogP contribution in [-0.4, -0.2) is 34.6 Å². The van der Waals surface area contributed by atoms with E-state index in [1.54, 1.807) is 45.0 Å². The molecule has 28 heavy (non-hydrogen) atoms. The predicted molar refractivity (Wildman–Crippen MR) is 96.5 cm³/mol.